The van der Waals surface area contributed by atoms with Crippen molar-refractivity contribution >= 4 is 16.7 Å². The molecule has 1 heterocycles. The van der Waals surface area contributed by atoms with Crippen molar-refractivity contribution in [3.05, 3.63) is 65.7 Å². The Morgan fingerprint density at radius 3 is 2.38 bits per heavy atom. The average molecular weight is 335 g/mol. The first-order chi connectivity index (χ1) is 11.4. The number of hydrogen-bond acceptors (Lipinski definition) is 3. The topological polar surface area (TPSA) is 29.0 Å². The fourth-order valence-electron chi connectivity index (χ4n) is 2.49. The van der Waals surface area contributed by atoms with E-state index in [1.807, 2.05) is 0 Å². The Bertz CT molecular complexity index is 855. The van der Waals surface area contributed by atoms with Crippen molar-refractivity contribution in [2.45, 2.75) is 12.7 Å². The number of nitrogens with zero attached hydrogens (tertiary/aromatic N) is 3. The second kappa shape index (κ2) is 6.07. The standard InChI is InChI=1S/C17H13F4N3/c1-24(9-11-5-7-12(8-6-11)17(19,20)21)16-15-13(18)3-2-4-14(15)22-10-23-16/h2-8,10H,9H2,1H3. The van der Waals surface area contributed by atoms with Gasteiger partial charge >= 0.3 is 6.18 Å². The summed E-state index contributed by atoms with van der Waals surface area (Å²) in [7, 11) is 1.70. The maximum atomic E-state index is 14.1. The van der Waals surface area contributed by atoms with Gasteiger partial charge in [-0.1, -0.05) is 18.2 Å². The van der Waals surface area contributed by atoms with Crippen LogP contribution in [-0.4, -0.2) is 17.0 Å². The quantitative estimate of drug-likeness (QED) is 0.663. The predicted molar refractivity (Wildman–Crippen MR) is 83.0 cm³/mol. The summed E-state index contributed by atoms with van der Waals surface area (Å²) < 4.78 is 51.9. The molecule has 1 aromatic heterocycles. The molecule has 0 aliphatic heterocycles. The minimum absolute atomic E-state index is 0.286. The van der Waals surface area contributed by atoms with Crippen LogP contribution in [0.5, 0.6) is 0 Å². The minimum Gasteiger partial charge on any atom is -0.355 e. The maximum absolute atomic E-state index is 14.1. The molecule has 3 rings (SSSR count). The molecular weight excluding hydrogens is 322 g/mol. The Morgan fingerprint density at radius 2 is 1.71 bits per heavy atom. The average Bonchev–Trinajstić information content (AvgIpc) is 2.54. The van der Waals surface area contributed by atoms with E-state index in [0.717, 1.165) is 12.1 Å². The molecule has 3 nitrogen and oxygen atoms in total. The SMILES string of the molecule is CN(Cc1ccc(C(F)(F)F)cc1)c1ncnc2cccc(F)c12. The van der Waals surface area contributed by atoms with Gasteiger partial charge in [0.15, 0.2) is 0 Å². The Morgan fingerprint density at radius 1 is 1.00 bits per heavy atom. The van der Waals surface area contributed by atoms with Crippen LogP contribution in [0.25, 0.3) is 10.9 Å². The third kappa shape index (κ3) is 3.15. The highest BCUT2D eigenvalue weighted by molar-refractivity contribution is 5.89. The van der Waals surface area contributed by atoms with Gasteiger partial charge in [0.1, 0.15) is 18.0 Å². The highest BCUT2D eigenvalue weighted by Gasteiger charge is 2.29. The highest BCUT2D eigenvalue weighted by atomic mass is 19.4. The van der Waals surface area contributed by atoms with E-state index >= 15 is 0 Å². The summed E-state index contributed by atoms with van der Waals surface area (Å²) in [5.74, 6) is -0.0552. The molecule has 0 spiro atoms. The Labute approximate surface area is 135 Å². The van der Waals surface area contributed by atoms with Crippen molar-refractivity contribution in [3.63, 3.8) is 0 Å². The van der Waals surface area contributed by atoms with Gasteiger partial charge in [-0.25, -0.2) is 14.4 Å². The number of alkyl halides is 3. The molecule has 0 atom stereocenters. The molecule has 0 amide bonds. The van der Waals surface area contributed by atoms with Gasteiger partial charge in [-0.05, 0) is 29.8 Å². The van der Waals surface area contributed by atoms with Crippen LogP contribution in [0.4, 0.5) is 23.4 Å². The molecule has 124 valence electrons. The minimum atomic E-state index is -4.36. The van der Waals surface area contributed by atoms with Crippen LogP contribution in [0.1, 0.15) is 11.1 Å². The van der Waals surface area contributed by atoms with E-state index in [1.54, 1.807) is 24.1 Å². The molecule has 0 N–H and O–H groups in total. The van der Waals surface area contributed by atoms with E-state index in [0.29, 0.717) is 23.4 Å². The number of hydrogen-bond donors (Lipinski definition) is 0. The van der Waals surface area contributed by atoms with Gasteiger partial charge in [-0.3, -0.25) is 0 Å². The third-order valence-corrected chi connectivity index (χ3v) is 3.65. The van der Waals surface area contributed by atoms with Crippen LogP contribution in [0.2, 0.25) is 0 Å². The van der Waals surface area contributed by atoms with E-state index in [9.17, 15) is 17.6 Å². The molecule has 0 unspecified atom stereocenters. The van der Waals surface area contributed by atoms with Crippen LogP contribution in [0.3, 0.4) is 0 Å². The molecule has 24 heavy (non-hydrogen) atoms. The summed E-state index contributed by atoms with van der Waals surface area (Å²) in [6.45, 7) is 0.290. The third-order valence-electron chi connectivity index (χ3n) is 3.65. The Balaban J connectivity index is 1.89. The zero-order chi connectivity index (χ0) is 17.3. The molecule has 0 saturated carbocycles. The lowest BCUT2D eigenvalue weighted by Gasteiger charge is -2.20. The van der Waals surface area contributed by atoms with Gasteiger partial charge in [-0.15, -0.1) is 0 Å². The summed E-state index contributed by atoms with van der Waals surface area (Å²) in [4.78, 5) is 9.82. The van der Waals surface area contributed by atoms with Crippen molar-refractivity contribution in [3.8, 4) is 0 Å². The highest BCUT2D eigenvalue weighted by Crippen LogP contribution is 2.30. The molecule has 0 fully saturated rings. The molecule has 2 aromatic carbocycles. The van der Waals surface area contributed by atoms with Crippen molar-refractivity contribution in [1.82, 2.24) is 9.97 Å². The van der Waals surface area contributed by atoms with E-state index < -0.39 is 17.6 Å². The lowest BCUT2D eigenvalue weighted by molar-refractivity contribution is -0.137. The molecule has 0 aliphatic carbocycles. The van der Waals surface area contributed by atoms with Crippen LogP contribution >= 0.6 is 0 Å². The fraction of sp³-hybridized carbons (Fsp3) is 0.176. The smallest absolute Gasteiger partial charge is 0.355 e. The number of benzene rings is 2. The number of fused-ring (bicyclic) bond motifs is 1. The summed E-state index contributed by atoms with van der Waals surface area (Å²) in [6.07, 6.45) is -3.03. The number of anilines is 1. The van der Waals surface area contributed by atoms with E-state index in [1.165, 1.54) is 24.5 Å². The van der Waals surface area contributed by atoms with Crippen molar-refractivity contribution in [2.24, 2.45) is 0 Å². The molecular formula is C17H13F4N3. The van der Waals surface area contributed by atoms with Gasteiger partial charge in [0, 0.05) is 13.6 Å². The second-order valence-electron chi connectivity index (χ2n) is 5.38. The summed E-state index contributed by atoms with van der Waals surface area (Å²) in [5, 5.41) is 0.286. The molecule has 0 bridgehead atoms. The lowest BCUT2D eigenvalue weighted by atomic mass is 10.1. The van der Waals surface area contributed by atoms with Crippen molar-refractivity contribution in [2.75, 3.05) is 11.9 Å². The summed E-state index contributed by atoms with van der Waals surface area (Å²) >= 11 is 0. The summed E-state index contributed by atoms with van der Waals surface area (Å²) in [6, 6.07) is 9.42. The van der Waals surface area contributed by atoms with Gasteiger partial charge < -0.3 is 4.90 Å². The van der Waals surface area contributed by atoms with E-state index in [4.69, 9.17) is 0 Å². The molecule has 0 aliphatic rings. The Kier molecular flexibility index (Phi) is 4.09. The van der Waals surface area contributed by atoms with Gasteiger partial charge in [0.05, 0.1) is 16.5 Å². The first-order valence-corrected chi connectivity index (χ1v) is 7.13. The van der Waals surface area contributed by atoms with Crippen LogP contribution in [0, 0.1) is 5.82 Å². The van der Waals surface area contributed by atoms with Gasteiger partial charge in [-0.2, -0.15) is 13.2 Å². The fourth-order valence-corrected chi connectivity index (χ4v) is 2.49. The van der Waals surface area contributed by atoms with Gasteiger partial charge in [0.2, 0.25) is 0 Å². The second-order valence-corrected chi connectivity index (χ2v) is 5.38. The largest absolute Gasteiger partial charge is 0.416 e. The van der Waals surface area contributed by atoms with E-state index in [2.05, 4.69) is 9.97 Å². The van der Waals surface area contributed by atoms with Crippen LogP contribution in [-0.2, 0) is 12.7 Å². The normalized spacial score (nSPS) is 11.7. The monoisotopic (exact) mass is 335 g/mol. The Hall–Kier alpha value is -2.70. The molecule has 0 saturated heterocycles. The molecule has 3 aromatic rings. The molecule has 0 radical (unpaired) electrons. The van der Waals surface area contributed by atoms with Crippen molar-refractivity contribution in [1.29, 1.82) is 0 Å². The number of halogens is 4. The lowest BCUT2D eigenvalue weighted by Crippen LogP contribution is -2.18. The summed E-state index contributed by atoms with van der Waals surface area (Å²) in [5.41, 5.74) is 0.431. The maximum Gasteiger partial charge on any atom is 0.416 e. The first kappa shape index (κ1) is 16.2. The van der Waals surface area contributed by atoms with Gasteiger partial charge in [0.25, 0.3) is 0 Å². The first-order valence-electron chi connectivity index (χ1n) is 7.13. The van der Waals surface area contributed by atoms with Crippen LogP contribution < -0.4 is 4.90 Å². The zero-order valence-electron chi connectivity index (χ0n) is 12.7. The zero-order valence-corrected chi connectivity index (χ0v) is 12.7. The molecule has 7 heteroatoms. The predicted octanol–water partition coefficient (Wildman–Crippen LogP) is 4.42. The van der Waals surface area contributed by atoms with Crippen molar-refractivity contribution < 1.29 is 17.6 Å². The number of aromatic nitrogens is 2. The van der Waals surface area contributed by atoms with Crippen LogP contribution in [0.15, 0.2) is 48.8 Å². The number of rotatable bonds is 3. The van der Waals surface area contributed by atoms with E-state index in [-0.39, 0.29) is 5.39 Å².